The van der Waals surface area contributed by atoms with Crippen molar-refractivity contribution in [3.05, 3.63) is 53.6 Å². The number of aromatic nitrogens is 2. The van der Waals surface area contributed by atoms with Crippen molar-refractivity contribution < 1.29 is 19.0 Å². The fourth-order valence-corrected chi connectivity index (χ4v) is 1.43. The topological polar surface area (TPSA) is 72.3 Å². The number of carboxylic acids is 1. The second kappa shape index (κ2) is 5.92. The second-order valence-electron chi connectivity index (χ2n) is 3.96. The van der Waals surface area contributed by atoms with Gasteiger partial charge in [-0.1, -0.05) is 12.1 Å². The van der Waals surface area contributed by atoms with Crippen LogP contribution >= 0.6 is 0 Å². The van der Waals surface area contributed by atoms with E-state index in [1.165, 1.54) is 24.5 Å². The summed E-state index contributed by atoms with van der Waals surface area (Å²) < 4.78 is 19.0. The summed E-state index contributed by atoms with van der Waals surface area (Å²) >= 11 is 0. The van der Waals surface area contributed by atoms with Crippen LogP contribution in [0.2, 0.25) is 0 Å². The Bertz CT molecular complexity index is 654. The lowest BCUT2D eigenvalue weighted by atomic mass is 10.2. The number of nitrogens with zero attached hydrogens (tertiary/aromatic N) is 2. The first-order chi connectivity index (χ1) is 9.56. The molecule has 1 aromatic heterocycles. The average molecular weight is 274 g/mol. The molecule has 0 spiro atoms. The summed E-state index contributed by atoms with van der Waals surface area (Å²) in [6, 6.07) is 4.76. The summed E-state index contributed by atoms with van der Waals surface area (Å²) in [5.74, 6) is -1.49. The summed E-state index contributed by atoms with van der Waals surface area (Å²) in [4.78, 5) is 18.1. The molecule has 0 fully saturated rings. The fourth-order valence-electron chi connectivity index (χ4n) is 1.43. The van der Waals surface area contributed by atoms with E-state index in [1.807, 2.05) is 0 Å². The van der Waals surface area contributed by atoms with Gasteiger partial charge in [0, 0.05) is 24.0 Å². The van der Waals surface area contributed by atoms with Crippen LogP contribution in [0.15, 0.2) is 36.7 Å². The number of aliphatic carboxylic acids is 1. The number of halogens is 1. The molecule has 1 N–H and O–H groups in total. The van der Waals surface area contributed by atoms with E-state index in [4.69, 9.17) is 9.84 Å². The van der Waals surface area contributed by atoms with Gasteiger partial charge >= 0.3 is 12.0 Å². The molecular formula is C14H11FN2O3. The highest BCUT2D eigenvalue weighted by Crippen LogP contribution is 2.23. The van der Waals surface area contributed by atoms with Gasteiger partial charge < -0.3 is 9.84 Å². The number of carbonyl (C=O) groups is 1. The predicted molar refractivity (Wildman–Crippen MR) is 69.9 cm³/mol. The summed E-state index contributed by atoms with van der Waals surface area (Å²) in [7, 11) is 0. The molecule has 0 aliphatic carbocycles. The van der Waals surface area contributed by atoms with E-state index in [2.05, 4.69) is 9.97 Å². The predicted octanol–water partition coefficient (Wildman–Crippen LogP) is 2.81. The number of hydrogen-bond acceptors (Lipinski definition) is 4. The molecule has 0 radical (unpaired) electrons. The summed E-state index contributed by atoms with van der Waals surface area (Å²) in [6.45, 7) is 1.63. The van der Waals surface area contributed by atoms with Gasteiger partial charge in [0.15, 0.2) is 11.6 Å². The van der Waals surface area contributed by atoms with Gasteiger partial charge in [0.05, 0.1) is 0 Å². The highest BCUT2D eigenvalue weighted by atomic mass is 19.1. The Morgan fingerprint density at radius 2 is 2.05 bits per heavy atom. The van der Waals surface area contributed by atoms with E-state index in [9.17, 15) is 9.18 Å². The standard InChI is InChI=1S/C14H11FN2O3/c1-9-3-2-4-11(13(9)15)20-14-16-7-10(8-17-14)5-6-12(18)19/h2-8H,1H3,(H,18,19)/b6-5+. The third-order valence-electron chi connectivity index (χ3n) is 2.42. The quantitative estimate of drug-likeness (QED) is 0.868. The molecule has 2 aromatic rings. The van der Waals surface area contributed by atoms with Gasteiger partial charge in [-0.2, -0.15) is 0 Å². The van der Waals surface area contributed by atoms with Gasteiger partial charge in [0.1, 0.15) is 0 Å². The van der Waals surface area contributed by atoms with Crippen molar-refractivity contribution in [1.82, 2.24) is 9.97 Å². The van der Waals surface area contributed by atoms with Crippen LogP contribution in [0, 0.1) is 12.7 Å². The highest BCUT2D eigenvalue weighted by molar-refractivity contribution is 5.85. The monoisotopic (exact) mass is 274 g/mol. The van der Waals surface area contributed by atoms with Gasteiger partial charge in [-0.15, -0.1) is 0 Å². The van der Waals surface area contributed by atoms with Crippen LogP contribution in [0.5, 0.6) is 11.8 Å². The molecule has 0 amide bonds. The third-order valence-corrected chi connectivity index (χ3v) is 2.42. The van der Waals surface area contributed by atoms with E-state index in [0.717, 1.165) is 6.08 Å². The maximum absolute atomic E-state index is 13.7. The van der Waals surface area contributed by atoms with E-state index < -0.39 is 11.8 Å². The average Bonchev–Trinajstić information content (AvgIpc) is 2.43. The van der Waals surface area contributed by atoms with Crippen LogP contribution in [0.4, 0.5) is 4.39 Å². The summed E-state index contributed by atoms with van der Waals surface area (Å²) in [6.07, 6.45) is 5.09. The van der Waals surface area contributed by atoms with E-state index in [1.54, 1.807) is 19.1 Å². The van der Waals surface area contributed by atoms with Crippen LogP contribution in [-0.4, -0.2) is 21.0 Å². The first-order valence-corrected chi connectivity index (χ1v) is 5.72. The van der Waals surface area contributed by atoms with Gasteiger partial charge in [-0.05, 0) is 24.6 Å². The van der Waals surface area contributed by atoms with Crippen molar-refractivity contribution in [2.75, 3.05) is 0 Å². The Labute approximate surface area is 114 Å². The minimum absolute atomic E-state index is 0.0121. The summed E-state index contributed by atoms with van der Waals surface area (Å²) in [5.41, 5.74) is 0.966. The molecule has 20 heavy (non-hydrogen) atoms. The van der Waals surface area contributed by atoms with Crippen LogP contribution in [0.25, 0.3) is 6.08 Å². The molecular weight excluding hydrogens is 263 g/mol. The first-order valence-electron chi connectivity index (χ1n) is 5.72. The number of carboxylic acid groups (broad SMARTS) is 1. The molecule has 1 aromatic carbocycles. The highest BCUT2D eigenvalue weighted by Gasteiger charge is 2.08. The van der Waals surface area contributed by atoms with E-state index in [-0.39, 0.29) is 11.8 Å². The molecule has 0 atom stereocenters. The lowest BCUT2D eigenvalue weighted by molar-refractivity contribution is -0.131. The van der Waals surface area contributed by atoms with Crippen LogP contribution in [-0.2, 0) is 4.79 Å². The number of hydrogen-bond donors (Lipinski definition) is 1. The zero-order valence-electron chi connectivity index (χ0n) is 10.6. The Morgan fingerprint density at radius 3 is 2.70 bits per heavy atom. The largest absolute Gasteiger partial charge is 0.478 e. The first kappa shape index (κ1) is 13.7. The van der Waals surface area contributed by atoms with Gasteiger partial charge in [-0.25, -0.2) is 19.2 Å². The molecule has 2 rings (SSSR count). The van der Waals surface area contributed by atoms with Crippen molar-refractivity contribution >= 4 is 12.0 Å². The van der Waals surface area contributed by atoms with E-state index in [0.29, 0.717) is 11.1 Å². The molecule has 6 heteroatoms. The third kappa shape index (κ3) is 3.38. The molecule has 0 aliphatic heterocycles. The van der Waals surface area contributed by atoms with Gasteiger partial charge in [0.2, 0.25) is 0 Å². The molecule has 0 aliphatic rings. The van der Waals surface area contributed by atoms with Crippen LogP contribution in [0.3, 0.4) is 0 Å². The Morgan fingerprint density at radius 1 is 1.35 bits per heavy atom. The molecule has 0 unspecified atom stereocenters. The molecule has 0 saturated carbocycles. The van der Waals surface area contributed by atoms with Crippen molar-refractivity contribution in [1.29, 1.82) is 0 Å². The molecule has 0 bridgehead atoms. The number of benzene rings is 1. The van der Waals surface area contributed by atoms with Crippen LogP contribution < -0.4 is 4.74 Å². The Hall–Kier alpha value is -2.76. The van der Waals surface area contributed by atoms with Crippen molar-refractivity contribution in [3.63, 3.8) is 0 Å². The SMILES string of the molecule is Cc1cccc(Oc2ncc(/C=C/C(=O)O)cn2)c1F. The van der Waals surface area contributed by atoms with Crippen molar-refractivity contribution in [3.8, 4) is 11.8 Å². The number of aryl methyl sites for hydroxylation is 1. The normalized spacial score (nSPS) is 10.7. The minimum Gasteiger partial charge on any atom is -0.478 e. The van der Waals surface area contributed by atoms with Gasteiger partial charge in [0.25, 0.3) is 0 Å². The molecule has 102 valence electrons. The molecule has 1 heterocycles. The number of rotatable bonds is 4. The van der Waals surface area contributed by atoms with Crippen molar-refractivity contribution in [2.24, 2.45) is 0 Å². The second-order valence-corrected chi connectivity index (χ2v) is 3.96. The van der Waals surface area contributed by atoms with Crippen LogP contribution in [0.1, 0.15) is 11.1 Å². The maximum Gasteiger partial charge on any atom is 0.328 e. The minimum atomic E-state index is -1.06. The Balaban J connectivity index is 2.15. The smallest absolute Gasteiger partial charge is 0.328 e. The van der Waals surface area contributed by atoms with Crippen molar-refractivity contribution in [2.45, 2.75) is 6.92 Å². The van der Waals surface area contributed by atoms with E-state index >= 15 is 0 Å². The fraction of sp³-hybridized carbons (Fsp3) is 0.0714. The van der Waals surface area contributed by atoms with Gasteiger partial charge in [-0.3, -0.25) is 0 Å². The zero-order chi connectivity index (χ0) is 14.5. The molecule has 5 nitrogen and oxygen atoms in total. The number of ether oxygens (including phenoxy) is 1. The lowest BCUT2D eigenvalue weighted by Crippen LogP contribution is -1.95. The lowest BCUT2D eigenvalue weighted by Gasteiger charge is -2.06. The molecule has 0 saturated heterocycles. The Kier molecular flexibility index (Phi) is 4.05. The summed E-state index contributed by atoms with van der Waals surface area (Å²) in [5, 5.41) is 8.49. The maximum atomic E-state index is 13.7. The zero-order valence-corrected chi connectivity index (χ0v) is 10.6.